The summed E-state index contributed by atoms with van der Waals surface area (Å²) in [6.45, 7) is 10.9. The van der Waals surface area contributed by atoms with E-state index in [2.05, 4.69) is 24.5 Å². The molecular formula is C33H59N5O8. The van der Waals surface area contributed by atoms with Gasteiger partial charge in [-0.15, -0.1) is 0 Å². The van der Waals surface area contributed by atoms with Gasteiger partial charge in [-0.3, -0.25) is 28.9 Å². The van der Waals surface area contributed by atoms with Gasteiger partial charge in [0.2, 0.25) is 23.6 Å². The second-order valence-electron chi connectivity index (χ2n) is 13.2. The topological polar surface area (TPSA) is 158 Å². The summed E-state index contributed by atoms with van der Waals surface area (Å²) >= 11 is 0. The van der Waals surface area contributed by atoms with E-state index in [0.29, 0.717) is 19.5 Å². The molecule has 0 aliphatic carbocycles. The van der Waals surface area contributed by atoms with Crippen LogP contribution in [0.4, 0.5) is 0 Å². The summed E-state index contributed by atoms with van der Waals surface area (Å²) in [7, 11) is 4.98. The van der Waals surface area contributed by atoms with Gasteiger partial charge in [-0.25, -0.2) is 0 Å². The van der Waals surface area contributed by atoms with E-state index in [-0.39, 0.29) is 42.6 Å². The molecule has 13 heteroatoms. The molecule has 4 amide bonds. The molecule has 3 N–H and O–H groups in total. The number of likely N-dealkylation sites (tertiary alicyclic amines) is 2. The molecule has 0 aromatic heterocycles. The number of ether oxygens (including phenoxy) is 2. The van der Waals surface area contributed by atoms with Crippen molar-refractivity contribution in [1.29, 1.82) is 0 Å². The van der Waals surface area contributed by atoms with Crippen LogP contribution >= 0.6 is 0 Å². The van der Waals surface area contributed by atoms with Crippen LogP contribution in [0, 0.1) is 11.8 Å². The van der Waals surface area contributed by atoms with Crippen LogP contribution in [0.1, 0.15) is 86.0 Å². The van der Waals surface area contributed by atoms with Gasteiger partial charge < -0.3 is 35.0 Å². The number of aliphatic carboxylic acids is 1. The molecule has 2 heterocycles. The fourth-order valence-electron chi connectivity index (χ4n) is 6.96. The second kappa shape index (κ2) is 18.5. The number of rotatable bonds is 19. The number of hydrogen-bond donors (Lipinski definition) is 3. The van der Waals surface area contributed by atoms with Crippen LogP contribution in [0.25, 0.3) is 0 Å². The monoisotopic (exact) mass is 653 g/mol. The van der Waals surface area contributed by atoms with E-state index in [1.807, 2.05) is 25.8 Å². The zero-order valence-electron chi connectivity index (χ0n) is 29.3. The molecule has 2 aliphatic rings. The van der Waals surface area contributed by atoms with Crippen molar-refractivity contribution in [3.05, 3.63) is 0 Å². The predicted molar refractivity (Wildman–Crippen MR) is 174 cm³/mol. The molecule has 0 aromatic rings. The first-order valence-corrected chi connectivity index (χ1v) is 16.9. The highest BCUT2D eigenvalue weighted by Crippen LogP contribution is 2.30. The van der Waals surface area contributed by atoms with Gasteiger partial charge in [0.25, 0.3) is 0 Å². The third-order valence-corrected chi connectivity index (χ3v) is 10.2. The highest BCUT2D eigenvalue weighted by molar-refractivity contribution is 5.90. The van der Waals surface area contributed by atoms with Crippen molar-refractivity contribution in [1.82, 2.24) is 25.3 Å². The fraction of sp³-hybridized carbons (Fsp3) is 0.848. The maximum Gasteiger partial charge on any atom is 0.322 e. The molecule has 2 fully saturated rings. The Hall–Kier alpha value is -2.77. The van der Waals surface area contributed by atoms with Gasteiger partial charge >= 0.3 is 5.97 Å². The SMILES string of the molecule is CCCCN(C(=O)CNC(=O)C1(C)CCCN1C)C(C(C)CC)C(CC(=O)N1CCCC1C(OC)C(C)C(=O)NCC(=O)O)OC. The van der Waals surface area contributed by atoms with E-state index in [1.165, 1.54) is 7.11 Å². The molecule has 7 unspecified atom stereocenters. The molecule has 0 spiro atoms. The molecule has 264 valence electrons. The average molecular weight is 654 g/mol. The minimum atomic E-state index is -1.14. The lowest BCUT2D eigenvalue weighted by Crippen LogP contribution is -2.57. The lowest BCUT2D eigenvalue weighted by atomic mass is 9.89. The Kier molecular flexibility index (Phi) is 15.9. The quantitative estimate of drug-likeness (QED) is 0.189. The molecule has 0 aromatic carbocycles. The first-order chi connectivity index (χ1) is 21.8. The Morgan fingerprint density at radius 1 is 1.02 bits per heavy atom. The lowest BCUT2D eigenvalue weighted by Gasteiger charge is -2.41. The Morgan fingerprint density at radius 3 is 2.26 bits per heavy atom. The van der Waals surface area contributed by atoms with Crippen molar-refractivity contribution >= 4 is 29.6 Å². The summed E-state index contributed by atoms with van der Waals surface area (Å²) in [6, 6.07) is -0.773. The maximum atomic E-state index is 13.9. The first-order valence-electron chi connectivity index (χ1n) is 16.9. The van der Waals surface area contributed by atoms with Crippen LogP contribution in [0.15, 0.2) is 0 Å². The maximum absolute atomic E-state index is 13.9. The minimum Gasteiger partial charge on any atom is -0.480 e. The number of nitrogens with one attached hydrogen (secondary N) is 2. The lowest BCUT2D eigenvalue weighted by molar-refractivity contribution is -0.147. The summed E-state index contributed by atoms with van der Waals surface area (Å²) in [5, 5.41) is 14.3. The van der Waals surface area contributed by atoms with Gasteiger partial charge in [-0.1, -0.05) is 40.5 Å². The Bertz CT molecular complexity index is 1040. The Balaban J connectivity index is 2.25. The number of carbonyl (C=O) groups is 5. The van der Waals surface area contributed by atoms with Crippen molar-refractivity contribution in [3.8, 4) is 0 Å². The third-order valence-electron chi connectivity index (χ3n) is 10.2. The highest BCUT2D eigenvalue weighted by atomic mass is 16.5. The molecule has 0 radical (unpaired) electrons. The standard InChI is InChI=1S/C33H59N5O8/c1-9-11-17-38(27(40)20-35-32(44)33(5)15-13-16-36(33)6)29(22(3)10-2)25(45-7)19-26(39)37-18-12-14-24(37)30(46-8)23(4)31(43)34-21-28(41)42/h22-25,29-30H,9-21H2,1-8H3,(H,34,43)(H,35,44)(H,41,42). The van der Waals surface area contributed by atoms with Crippen molar-refractivity contribution in [2.45, 2.75) is 116 Å². The van der Waals surface area contributed by atoms with E-state index in [1.54, 1.807) is 23.8 Å². The van der Waals surface area contributed by atoms with Gasteiger partial charge in [-0.05, 0) is 58.5 Å². The fourth-order valence-corrected chi connectivity index (χ4v) is 6.96. The predicted octanol–water partition coefficient (Wildman–Crippen LogP) is 1.88. The van der Waals surface area contributed by atoms with Crippen LogP contribution in [0.2, 0.25) is 0 Å². The molecule has 46 heavy (non-hydrogen) atoms. The van der Waals surface area contributed by atoms with Crippen LogP contribution in [0.3, 0.4) is 0 Å². The van der Waals surface area contributed by atoms with Crippen molar-refractivity contribution < 1.29 is 38.6 Å². The highest BCUT2D eigenvalue weighted by Gasteiger charge is 2.43. The van der Waals surface area contributed by atoms with Crippen molar-refractivity contribution in [2.75, 3.05) is 54.0 Å². The largest absolute Gasteiger partial charge is 0.480 e. The molecule has 0 bridgehead atoms. The number of nitrogens with zero attached hydrogens (tertiary/aromatic N) is 3. The summed E-state index contributed by atoms with van der Waals surface area (Å²) in [6.07, 6.45) is 4.24. The van der Waals surface area contributed by atoms with Crippen LogP contribution in [0.5, 0.6) is 0 Å². The molecule has 0 saturated carbocycles. The summed E-state index contributed by atoms with van der Waals surface area (Å²) in [4.78, 5) is 70.2. The number of carbonyl (C=O) groups excluding carboxylic acids is 4. The van der Waals surface area contributed by atoms with Gasteiger partial charge in [0.15, 0.2) is 0 Å². The number of hydrogen-bond acceptors (Lipinski definition) is 8. The third kappa shape index (κ3) is 9.87. The molecule has 13 nitrogen and oxygen atoms in total. The van der Waals surface area contributed by atoms with Crippen molar-refractivity contribution in [2.24, 2.45) is 11.8 Å². The number of unbranched alkanes of at least 4 members (excludes halogenated alkanes) is 1. The van der Waals surface area contributed by atoms with Crippen LogP contribution in [-0.4, -0.2) is 133 Å². The number of likely N-dealkylation sites (N-methyl/N-ethyl adjacent to an activating group) is 1. The van der Waals surface area contributed by atoms with Gasteiger partial charge in [0.1, 0.15) is 6.54 Å². The zero-order valence-corrected chi connectivity index (χ0v) is 29.3. The smallest absolute Gasteiger partial charge is 0.322 e. The molecular weight excluding hydrogens is 594 g/mol. The molecule has 2 saturated heterocycles. The second-order valence-corrected chi connectivity index (χ2v) is 13.2. The van der Waals surface area contributed by atoms with Crippen molar-refractivity contribution in [3.63, 3.8) is 0 Å². The van der Waals surface area contributed by atoms with E-state index < -0.39 is 48.1 Å². The van der Waals surface area contributed by atoms with E-state index >= 15 is 0 Å². The zero-order chi connectivity index (χ0) is 34.6. The van der Waals surface area contributed by atoms with E-state index in [4.69, 9.17) is 14.6 Å². The number of carboxylic acids is 1. The van der Waals surface area contributed by atoms with E-state index in [9.17, 15) is 24.0 Å². The normalized spacial score (nSPS) is 23.3. The van der Waals surface area contributed by atoms with Gasteiger partial charge in [0.05, 0.1) is 48.7 Å². The van der Waals surface area contributed by atoms with Crippen LogP contribution < -0.4 is 10.6 Å². The van der Waals surface area contributed by atoms with E-state index in [0.717, 1.165) is 45.1 Å². The van der Waals surface area contributed by atoms with Gasteiger partial charge in [-0.2, -0.15) is 0 Å². The minimum absolute atomic E-state index is 0.00629. The Morgan fingerprint density at radius 2 is 1.72 bits per heavy atom. The molecule has 2 aliphatic heterocycles. The Labute approximate surface area is 275 Å². The summed E-state index contributed by atoms with van der Waals surface area (Å²) in [5.41, 5.74) is -0.646. The molecule has 7 atom stereocenters. The summed E-state index contributed by atoms with van der Waals surface area (Å²) in [5.74, 6) is -2.79. The van der Waals surface area contributed by atoms with Crippen LogP contribution in [-0.2, 0) is 33.4 Å². The summed E-state index contributed by atoms with van der Waals surface area (Å²) < 4.78 is 11.7. The average Bonchev–Trinajstić information content (AvgIpc) is 3.66. The number of methoxy groups -OCH3 is 2. The number of amides is 4. The van der Waals surface area contributed by atoms with Gasteiger partial charge in [0, 0.05) is 27.3 Å². The molecule has 2 rings (SSSR count). The first kappa shape index (κ1) is 39.4. The number of carboxylic acid groups (broad SMARTS) is 1.